The van der Waals surface area contributed by atoms with Gasteiger partial charge in [0.05, 0.1) is 13.2 Å². The van der Waals surface area contributed by atoms with Crippen LogP contribution >= 0.6 is 15.9 Å². The fourth-order valence-electron chi connectivity index (χ4n) is 1.26. The molecule has 0 aliphatic heterocycles. The fraction of sp³-hybridized carbons (Fsp3) is 0.417. The number of ether oxygens (including phenoxy) is 2. The number of carbonyl (C=O) groups is 1. The first-order valence-electron chi connectivity index (χ1n) is 5.51. The van der Waals surface area contributed by atoms with E-state index in [9.17, 15) is 4.79 Å². The van der Waals surface area contributed by atoms with Crippen LogP contribution in [-0.2, 0) is 9.47 Å². The standard InChI is InChI=1S/C12H17BrN2O3/c1-9-7-10(13)3-4-11(9)15-12(16)14-8-18-6-5-17-2/h3-4,7H,5-6,8H2,1-2H3,(H2,14,15,16). The number of methoxy groups -OCH3 is 1. The molecule has 1 aromatic carbocycles. The molecule has 0 aliphatic carbocycles. The number of carbonyl (C=O) groups excluding carboxylic acids is 1. The lowest BCUT2D eigenvalue weighted by Gasteiger charge is -2.10. The molecule has 0 spiro atoms. The number of anilines is 1. The number of nitrogens with one attached hydrogen (secondary N) is 2. The number of aryl methyl sites for hydroxylation is 1. The molecule has 0 aromatic heterocycles. The largest absolute Gasteiger partial charge is 0.382 e. The fourth-order valence-corrected chi connectivity index (χ4v) is 1.74. The van der Waals surface area contributed by atoms with E-state index in [2.05, 4.69) is 26.6 Å². The second kappa shape index (κ2) is 8.07. The summed E-state index contributed by atoms with van der Waals surface area (Å²) >= 11 is 3.37. The van der Waals surface area contributed by atoms with Crippen molar-refractivity contribution in [3.63, 3.8) is 0 Å². The quantitative estimate of drug-likeness (QED) is 0.626. The molecule has 2 amide bonds. The van der Waals surface area contributed by atoms with Crippen LogP contribution in [0.1, 0.15) is 5.56 Å². The average molecular weight is 317 g/mol. The van der Waals surface area contributed by atoms with E-state index in [1.54, 1.807) is 7.11 Å². The van der Waals surface area contributed by atoms with E-state index >= 15 is 0 Å². The van der Waals surface area contributed by atoms with Gasteiger partial charge in [-0.1, -0.05) is 15.9 Å². The topological polar surface area (TPSA) is 59.6 Å². The van der Waals surface area contributed by atoms with Crippen LogP contribution in [0.25, 0.3) is 0 Å². The number of rotatable bonds is 6. The molecule has 0 saturated carbocycles. The Labute approximate surface area is 115 Å². The van der Waals surface area contributed by atoms with Crippen LogP contribution in [0.4, 0.5) is 10.5 Å². The summed E-state index contributed by atoms with van der Waals surface area (Å²) in [5, 5.41) is 5.34. The Kier molecular flexibility index (Phi) is 6.70. The molecule has 0 heterocycles. The van der Waals surface area contributed by atoms with Gasteiger partial charge >= 0.3 is 6.03 Å². The van der Waals surface area contributed by atoms with Gasteiger partial charge in [-0.3, -0.25) is 0 Å². The second-order valence-corrected chi connectivity index (χ2v) is 4.55. The zero-order valence-electron chi connectivity index (χ0n) is 10.5. The molecule has 0 atom stereocenters. The molecule has 100 valence electrons. The molecule has 1 aromatic rings. The van der Waals surface area contributed by atoms with E-state index in [1.807, 2.05) is 25.1 Å². The van der Waals surface area contributed by atoms with Crippen LogP contribution in [0, 0.1) is 6.92 Å². The molecule has 1 rings (SSSR count). The number of hydrogen-bond acceptors (Lipinski definition) is 3. The monoisotopic (exact) mass is 316 g/mol. The maximum Gasteiger partial charge on any atom is 0.321 e. The Morgan fingerprint density at radius 3 is 2.83 bits per heavy atom. The van der Waals surface area contributed by atoms with Gasteiger partial charge in [0.2, 0.25) is 0 Å². The van der Waals surface area contributed by atoms with E-state index in [0.29, 0.717) is 13.2 Å². The smallest absolute Gasteiger partial charge is 0.321 e. The van der Waals surface area contributed by atoms with Gasteiger partial charge in [0.1, 0.15) is 6.73 Å². The molecule has 0 bridgehead atoms. The molecule has 0 unspecified atom stereocenters. The van der Waals surface area contributed by atoms with Crippen molar-refractivity contribution >= 4 is 27.6 Å². The number of benzene rings is 1. The van der Waals surface area contributed by atoms with Crippen molar-refractivity contribution in [1.82, 2.24) is 5.32 Å². The summed E-state index contributed by atoms with van der Waals surface area (Å²) in [6.45, 7) is 3.05. The van der Waals surface area contributed by atoms with E-state index in [1.165, 1.54) is 0 Å². The minimum absolute atomic E-state index is 0.158. The highest BCUT2D eigenvalue weighted by Gasteiger charge is 2.03. The Hall–Kier alpha value is -1.11. The average Bonchev–Trinajstić information content (AvgIpc) is 2.32. The molecule has 6 heteroatoms. The van der Waals surface area contributed by atoms with Crippen LogP contribution in [0.15, 0.2) is 22.7 Å². The van der Waals surface area contributed by atoms with Crippen molar-refractivity contribution in [2.24, 2.45) is 0 Å². The SMILES string of the molecule is COCCOCNC(=O)Nc1ccc(Br)cc1C. The van der Waals surface area contributed by atoms with Crippen LogP contribution < -0.4 is 10.6 Å². The normalized spacial score (nSPS) is 10.2. The first kappa shape index (κ1) is 14.9. The predicted molar refractivity (Wildman–Crippen MR) is 73.7 cm³/mol. The molecule has 18 heavy (non-hydrogen) atoms. The molecule has 0 fully saturated rings. The van der Waals surface area contributed by atoms with Crippen LogP contribution in [-0.4, -0.2) is 33.1 Å². The third-order valence-electron chi connectivity index (χ3n) is 2.20. The first-order chi connectivity index (χ1) is 8.63. The van der Waals surface area contributed by atoms with Gasteiger partial charge in [-0.05, 0) is 30.7 Å². The van der Waals surface area contributed by atoms with Gasteiger partial charge in [0, 0.05) is 17.3 Å². The minimum Gasteiger partial charge on any atom is -0.382 e. The van der Waals surface area contributed by atoms with Gasteiger partial charge in [-0.25, -0.2) is 4.79 Å². The Morgan fingerprint density at radius 2 is 2.17 bits per heavy atom. The van der Waals surface area contributed by atoms with Crippen molar-refractivity contribution < 1.29 is 14.3 Å². The Bertz CT molecular complexity index is 399. The van der Waals surface area contributed by atoms with E-state index in [0.717, 1.165) is 15.7 Å². The zero-order valence-corrected chi connectivity index (χ0v) is 12.0. The molecular weight excluding hydrogens is 300 g/mol. The van der Waals surface area contributed by atoms with Crippen molar-refractivity contribution in [3.8, 4) is 0 Å². The van der Waals surface area contributed by atoms with E-state index < -0.39 is 0 Å². The maximum absolute atomic E-state index is 11.5. The zero-order chi connectivity index (χ0) is 13.4. The molecule has 0 radical (unpaired) electrons. The van der Waals surface area contributed by atoms with Gasteiger partial charge in [0.25, 0.3) is 0 Å². The lowest BCUT2D eigenvalue weighted by molar-refractivity contribution is 0.0650. The minimum atomic E-state index is -0.294. The van der Waals surface area contributed by atoms with Gasteiger partial charge in [-0.2, -0.15) is 0 Å². The highest BCUT2D eigenvalue weighted by atomic mass is 79.9. The summed E-state index contributed by atoms with van der Waals surface area (Å²) in [6, 6.07) is 5.35. The molecular formula is C12H17BrN2O3. The summed E-state index contributed by atoms with van der Waals surface area (Å²) in [7, 11) is 1.60. The number of urea groups is 1. The van der Waals surface area contributed by atoms with Crippen LogP contribution in [0.3, 0.4) is 0 Å². The van der Waals surface area contributed by atoms with Gasteiger partial charge in [-0.15, -0.1) is 0 Å². The van der Waals surface area contributed by atoms with Crippen molar-refractivity contribution in [1.29, 1.82) is 0 Å². The Morgan fingerprint density at radius 1 is 1.39 bits per heavy atom. The van der Waals surface area contributed by atoms with Crippen molar-refractivity contribution in [3.05, 3.63) is 28.2 Å². The molecule has 5 nitrogen and oxygen atoms in total. The molecule has 0 aliphatic rings. The van der Waals surface area contributed by atoms with Crippen molar-refractivity contribution in [2.75, 3.05) is 32.4 Å². The highest BCUT2D eigenvalue weighted by Crippen LogP contribution is 2.19. The predicted octanol–water partition coefficient (Wildman–Crippen LogP) is 2.50. The third kappa shape index (κ3) is 5.48. The lowest BCUT2D eigenvalue weighted by atomic mass is 10.2. The second-order valence-electron chi connectivity index (χ2n) is 3.64. The molecule has 2 N–H and O–H groups in total. The first-order valence-corrected chi connectivity index (χ1v) is 6.30. The van der Waals surface area contributed by atoms with E-state index in [-0.39, 0.29) is 12.8 Å². The summed E-state index contributed by atoms with van der Waals surface area (Å²) in [6.07, 6.45) is 0. The van der Waals surface area contributed by atoms with E-state index in [4.69, 9.17) is 9.47 Å². The Balaban J connectivity index is 2.31. The van der Waals surface area contributed by atoms with Crippen LogP contribution in [0.5, 0.6) is 0 Å². The number of amides is 2. The summed E-state index contributed by atoms with van der Waals surface area (Å²) in [5.74, 6) is 0. The lowest BCUT2D eigenvalue weighted by Crippen LogP contribution is -2.31. The summed E-state index contributed by atoms with van der Waals surface area (Å²) in [4.78, 5) is 11.5. The van der Waals surface area contributed by atoms with Crippen LogP contribution in [0.2, 0.25) is 0 Å². The summed E-state index contributed by atoms with van der Waals surface area (Å²) < 4.78 is 10.9. The highest BCUT2D eigenvalue weighted by molar-refractivity contribution is 9.10. The van der Waals surface area contributed by atoms with Gasteiger partial charge in [0.15, 0.2) is 0 Å². The van der Waals surface area contributed by atoms with Gasteiger partial charge < -0.3 is 20.1 Å². The van der Waals surface area contributed by atoms with Crippen molar-refractivity contribution in [2.45, 2.75) is 6.92 Å². The molecule has 0 saturated heterocycles. The number of halogens is 1. The maximum atomic E-state index is 11.5. The third-order valence-corrected chi connectivity index (χ3v) is 2.70. The number of hydrogen-bond donors (Lipinski definition) is 2. The summed E-state index contributed by atoms with van der Waals surface area (Å²) in [5.41, 5.74) is 1.76.